The highest BCUT2D eigenvalue weighted by Gasteiger charge is 2.16. The molecule has 0 spiro atoms. The minimum absolute atomic E-state index is 0.000630. The van der Waals surface area contributed by atoms with Gasteiger partial charge in [0.2, 0.25) is 0 Å². The van der Waals surface area contributed by atoms with Gasteiger partial charge < -0.3 is 9.29 Å². The zero-order valence-electron chi connectivity index (χ0n) is 10.5. The molecule has 0 aliphatic carbocycles. The number of nitro benzene ring substituents is 1. The smallest absolute Gasteiger partial charge is 0.271 e. The van der Waals surface area contributed by atoms with Gasteiger partial charge in [-0.3, -0.25) is 10.1 Å². The third kappa shape index (κ3) is 3.68. The molecular formula is C12H6Cl3NO5S. The molecule has 1 atom stereocenters. The molecule has 2 rings (SSSR count). The van der Waals surface area contributed by atoms with E-state index in [2.05, 4.69) is 0 Å². The van der Waals surface area contributed by atoms with Crippen LogP contribution in [0.2, 0.25) is 15.1 Å². The summed E-state index contributed by atoms with van der Waals surface area (Å²) in [5.74, 6) is 0.127. The summed E-state index contributed by atoms with van der Waals surface area (Å²) in [5.41, 5.74) is -0.194. The quantitative estimate of drug-likeness (QED) is 0.460. The minimum atomic E-state index is -2.24. The van der Waals surface area contributed by atoms with E-state index >= 15 is 0 Å². The lowest BCUT2D eigenvalue weighted by Crippen LogP contribution is -1.93. The van der Waals surface area contributed by atoms with Crippen molar-refractivity contribution < 1.29 is 18.4 Å². The normalized spacial score (nSPS) is 12.0. The van der Waals surface area contributed by atoms with Gasteiger partial charge in [0.1, 0.15) is 5.75 Å². The highest BCUT2D eigenvalue weighted by molar-refractivity contribution is 7.79. The molecular weight excluding hydrogens is 377 g/mol. The Labute approximate surface area is 142 Å². The van der Waals surface area contributed by atoms with Crippen molar-refractivity contribution in [2.75, 3.05) is 0 Å². The van der Waals surface area contributed by atoms with E-state index in [0.717, 1.165) is 6.07 Å². The summed E-state index contributed by atoms with van der Waals surface area (Å²) < 4.78 is 25.4. The number of hydrogen-bond donors (Lipinski definition) is 1. The lowest BCUT2D eigenvalue weighted by molar-refractivity contribution is -0.384. The molecule has 2 aromatic carbocycles. The zero-order valence-corrected chi connectivity index (χ0v) is 13.5. The van der Waals surface area contributed by atoms with Crippen LogP contribution in [0, 0.1) is 10.1 Å². The van der Waals surface area contributed by atoms with Crippen LogP contribution >= 0.6 is 34.8 Å². The molecule has 0 bridgehead atoms. The van der Waals surface area contributed by atoms with Crippen LogP contribution in [-0.2, 0) is 11.1 Å². The largest absolute Gasteiger partial charge is 0.453 e. The molecule has 0 radical (unpaired) electrons. The highest BCUT2D eigenvalue weighted by Crippen LogP contribution is 2.40. The fraction of sp³-hybridized carbons (Fsp3) is 0. The Morgan fingerprint density at radius 3 is 2.14 bits per heavy atom. The maximum atomic E-state index is 11.0. The summed E-state index contributed by atoms with van der Waals surface area (Å²) >= 11 is 15.6. The number of nitrogens with zero attached hydrogens (tertiary/aromatic N) is 1. The van der Waals surface area contributed by atoms with E-state index in [1.807, 2.05) is 0 Å². The number of benzene rings is 2. The van der Waals surface area contributed by atoms with Crippen LogP contribution < -0.4 is 4.74 Å². The summed E-state index contributed by atoms with van der Waals surface area (Å²) in [6, 6.07) is 6.07. The van der Waals surface area contributed by atoms with Gasteiger partial charge in [-0.25, -0.2) is 4.21 Å². The molecule has 2 aromatic rings. The van der Waals surface area contributed by atoms with Crippen molar-refractivity contribution in [2.24, 2.45) is 0 Å². The molecule has 0 aliphatic heterocycles. The van der Waals surface area contributed by atoms with E-state index in [1.54, 1.807) is 0 Å². The van der Waals surface area contributed by atoms with Gasteiger partial charge in [-0.1, -0.05) is 34.8 Å². The van der Waals surface area contributed by atoms with Gasteiger partial charge in [0.25, 0.3) is 5.69 Å². The van der Waals surface area contributed by atoms with Crippen LogP contribution in [0.5, 0.6) is 11.5 Å². The highest BCUT2D eigenvalue weighted by atomic mass is 35.5. The van der Waals surface area contributed by atoms with Crippen LogP contribution in [0.3, 0.4) is 0 Å². The molecule has 0 saturated heterocycles. The van der Waals surface area contributed by atoms with Crippen molar-refractivity contribution in [1.29, 1.82) is 0 Å². The average molecular weight is 383 g/mol. The van der Waals surface area contributed by atoms with Gasteiger partial charge in [-0.05, 0) is 18.2 Å². The third-order valence-corrected chi connectivity index (χ3v) is 4.01. The summed E-state index contributed by atoms with van der Waals surface area (Å²) in [7, 11) is 0. The summed E-state index contributed by atoms with van der Waals surface area (Å²) in [4.78, 5) is 10.1. The standard InChI is InChI=1S/C12H6Cl3NO5S/c13-8-3-6(16(17)18)1-2-11(8)21-12-9(14)4-7(22(19)20)5-10(12)15/h1-5H,(H,19,20). The fourth-order valence-corrected chi connectivity index (χ4v) is 2.88. The number of non-ortho nitro benzene ring substituents is 1. The monoisotopic (exact) mass is 381 g/mol. The maximum Gasteiger partial charge on any atom is 0.271 e. The van der Waals surface area contributed by atoms with Crippen molar-refractivity contribution in [1.82, 2.24) is 0 Å². The second kappa shape index (κ2) is 6.80. The van der Waals surface area contributed by atoms with Gasteiger partial charge in [0, 0.05) is 12.1 Å². The molecule has 6 nitrogen and oxygen atoms in total. The van der Waals surface area contributed by atoms with Gasteiger partial charge >= 0.3 is 0 Å². The number of hydrogen-bond acceptors (Lipinski definition) is 4. The molecule has 116 valence electrons. The van der Waals surface area contributed by atoms with E-state index in [1.165, 1.54) is 24.3 Å². The van der Waals surface area contributed by atoms with Gasteiger partial charge in [0.05, 0.1) is 24.9 Å². The van der Waals surface area contributed by atoms with Crippen LogP contribution in [0.25, 0.3) is 0 Å². The Kier molecular flexibility index (Phi) is 5.25. The average Bonchev–Trinajstić information content (AvgIpc) is 2.43. The second-order valence-electron chi connectivity index (χ2n) is 3.94. The molecule has 22 heavy (non-hydrogen) atoms. The molecule has 0 fully saturated rings. The van der Waals surface area contributed by atoms with E-state index in [9.17, 15) is 14.3 Å². The zero-order chi connectivity index (χ0) is 16.4. The lowest BCUT2D eigenvalue weighted by Gasteiger charge is -2.11. The molecule has 0 aromatic heterocycles. The SMILES string of the molecule is O=[N+]([O-])c1ccc(Oc2c(Cl)cc(S(=O)O)cc2Cl)c(Cl)c1. The van der Waals surface area contributed by atoms with Crippen molar-refractivity contribution in [3.05, 3.63) is 55.5 Å². The Morgan fingerprint density at radius 1 is 1.09 bits per heavy atom. The number of ether oxygens (including phenoxy) is 1. The van der Waals surface area contributed by atoms with Gasteiger partial charge in [-0.2, -0.15) is 0 Å². The van der Waals surface area contributed by atoms with E-state index < -0.39 is 16.0 Å². The van der Waals surface area contributed by atoms with Crippen molar-refractivity contribution in [2.45, 2.75) is 4.90 Å². The van der Waals surface area contributed by atoms with Crippen molar-refractivity contribution in [3.63, 3.8) is 0 Å². The first-order valence-corrected chi connectivity index (χ1v) is 7.75. The first kappa shape index (κ1) is 17.0. The van der Waals surface area contributed by atoms with Crippen LogP contribution in [0.15, 0.2) is 35.2 Å². The Hall–Kier alpha value is -1.38. The fourth-order valence-electron chi connectivity index (χ4n) is 1.53. The van der Waals surface area contributed by atoms with E-state index in [0.29, 0.717) is 0 Å². The second-order valence-corrected chi connectivity index (χ2v) is 6.13. The minimum Gasteiger partial charge on any atom is -0.453 e. The topological polar surface area (TPSA) is 89.7 Å². The number of rotatable bonds is 4. The predicted octanol–water partition coefficient (Wildman–Crippen LogP) is 4.93. The molecule has 0 amide bonds. The van der Waals surface area contributed by atoms with Crippen LogP contribution in [0.1, 0.15) is 0 Å². The molecule has 0 heterocycles. The summed E-state index contributed by atoms with van der Waals surface area (Å²) in [5, 5.41) is 10.6. The predicted molar refractivity (Wildman–Crippen MR) is 83.7 cm³/mol. The molecule has 1 N–H and O–H groups in total. The Balaban J connectivity index is 2.39. The first-order valence-electron chi connectivity index (χ1n) is 5.51. The number of halogens is 3. The van der Waals surface area contributed by atoms with E-state index in [4.69, 9.17) is 44.1 Å². The maximum absolute atomic E-state index is 11.0. The molecule has 0 aliphatic rings. The van der Waals surface area contributed by atoms with Gasteiger partial charge in [-0.15, -0.1) is 0 Å². The Morgan fingerprint density at radius 2 is 1.68 bits per heavy atom. The lowest BCUT2D eigenvalue weighted by atomic mass is 10.3. The Bertz CT molecular complexity index is 760. The van der Waals surface area contributed by atoms with Crippen LogP contribution in [-0.4, -0.2) is 13.7 Å². The first-order chi connectivity index (χ1) is 10.3. The van der Waals surface area contributed by atoms with E-state index in [-0.39, 0.29) is 37.1 Å². The van der Waals surface area contributed by atoms with Crippen molar-refractivity contribution in [3.8, 4) is 11.5 Å². The van der Waals surface area contributed by atoms with Crippen LogP contribution in [0.4, 0.5) is 5.69 Å². The molecule has 10 heteroatoms. The van der Waals surface area contributed by atoms with Crippen molar-refractivity contribution >= 4 is 51.6 Å². The molecule has 1 unspecified atom stereocenters. The summed E-state index contributed by atoms with van der Waals surface area (Å²) in [6.45, 7) is 0. The number of nitro groups is 1. The summed E-state index contributed by atoms with van der Waals surface area (Å²) in [6.07, 6.45) is 0. The third-order valence-electron chi connectivity index (χ3n) is 2.51. The van der Waals surface area contributed by atoms with Gasteiger partial charge in [0.15, 0.2) is 16.8 Å². The molecule has 0 saturated carbocycles.